The van der Waals surface area contributed by atoms with Crippen LogP contribution in [0.25, 0.3) is 0 Å². The molecular weight excluding hydrogens is 176 g/mol. The molecule has 2 unspecified atom stereocenters. The largest absolute Gasteiger partial charge is 0.342 e. The third-order valence-electron chi connectivity index (χ3n) is 3.62. The molecule has 0 bridgehead atoms. The minimum Gasteiger partial charge on any atom is -0.342 e. The Bertz CT molecular complexity index is 225. The second-order valence-corrected chi connectivity index (χ2v) is 4.82. The summed E-state index contributed by atoms with van der Waals surface area (Å²) < 4.78 is 0. The number of carbonyl (C=O) groups excluding carboxylic acids is 1. The van der Waals surface area contributed by atoms with Crippen LogP contribution in [0.4, 0.5) is 0 Å². The Hall–Kier alpha value is -0.570. The molecule has 1 aliphatic heterocycles. The van der Waals surface area contributed by atoms with Gasteiger partial charge in [0.2, 0.25) is 5.91 Å². The Morgan fingerprint density at radius 2 is 2.14 bits per heavy atom. The van der Waals surface area contributed by atoms with Crippen LogP contribution in [-0.2, 0) is 4.79 Å². The average Bonchev–Trinajstić information content (AvgIpc) is 3.00. The summed E-state index contributed by atoms with van der Waals surface area (Å²) in [5.74, 6) is 1.97. The van der Waals surface area contributed by atoms with Gasteiger partial charge in [-0.15, -0.1) is 0 Å². The summed E-state index contributed by atoms with van der Waals surface area (Å²) >= 11 is 0. The second-order valence-electron chi connectivity index (χ2n) is 4.82. The van der Waals surface area contributed by atoms with Crippen molar-refractivity contribution in [3.05, 3.63) is 0 Å². The smallest absolute Gasteiger partial charge is 0.225 e. The zero-order chi connectivity index (χ0) is 10.1. The number of piperidine rings is 1. The summed E-state index contributed by atoms with van der Waals surface area (Å²) in [7, 11) is 0. The van der Waals surface area contributed by atoms with Crippen molar-refractivity contribution >= 4 is 5.91 Å². The first kappa shape index (κ1) is 9.97. The Morgan fingerprint density at radius 3 is 2.64 bits per heavy atom. The van der Waals surface area contributed by atoms with Crippen molar-refractivity contribution in [1.82, 2.24) is 4.90 Å². The van der Waals surface area contributed by atoms with Crippen molar-refractivity contribution in [3.63, 3.8) is 0 Å². The van der Waals surface area contributed by atoms with Crippen molar-refractivity contribution in [2.45, 2.75) is 26.2 Å². The molecule has 2 rings (SSSR count). The van der Waals surface area contributed by atoms with E-state index in [4.69, 9.17) is 5.73 Å². The van der Waals surface area contributed by atoms with Crippen LogP contribution in [-0.4, -0.2) is 30.4 Å². The first-order valence-corrected chi connectivity index (χ1v) is 5.71. The first-order valence-electron chi connectivity index (χ1n) is 5.71. The molecule has 2 aliphatic rings. The number of amides is 1. The van der Waals surface area contributed by atoms with E-state index < -0.39 is 0 Å². The lowest BCUT2D eigenvalue weighted by atomic mass is 9.87. The van der Waals surface area contributed by atoms with Crippen LogP contribution in [0.3, 0.4) is 0 Å². The van der Waals surface area contributed by atoms with Gasteiger partial charge < -0.3 is 10.6 Å². The maximum absolute atomic E-state index is 11.8. The number of hydrogen-bond acceptors (Lipinski definition) is 2. The zero-order valence-electron chi connectivity index (χ0n) is 8.91. The van der Waals surface area contributed by atoms with Gasteiger partial charge in [0, 0.05) is 19.0 Å². The predicted molar refractivity (Wildman–Crippen MR) is 55.6 cm³/mol. The highest BCUT2D eigenvalue weighted by molar-refractivity contribution is 5.81. The van der Waals surface area contributed by atoms with E-state index in [9.17, 15) is 4.79 Å². The Balaban J connectivity index is 1.88. The summed E-state index contributed by atoms with van der Waals surface area (Å²) in [5.41, 5.74) is 5.68. The molecule has 1 saturated heterocycles. The molecule has 0 aromatic carbocycles. The Morgan fingerprint density at radius 1 is 1.43 bits per heavy atom. The van der Waals surface area contributed by atoms with E-state index in [2.05, 4.69) is 11.8 Å². The van der Waals surface area contributed by atoms with E-state index in [0.717, 1.165) is 38.9 Å². The van der Waals surface area contributed by atoms with Crippen LogP contribution in [0, 0.1) is 17.8 Å². The molecule has 2 fully saturated rings. The predicted octanol–water partition coefficient (Wildman–Crippen LogP) is 0.840. The first-order chi connectivity index (χ1) is 6.72. The second kappa shape index (κ2) is 3.89. The molecule has 1 heterocycles. The Labute approximate surface area is 85.6 Å². The Kier molecular flexibility index (Phi) is 2.77. The van der Waals surface area contributed by atoms with Gasteiger partial charge in [-0.3, -0.25) is 4.79 Å². The van der Waals surface area contributed by atoms with E-state index in [0.29, 0.717) is 23.7 Å². The summed E-state index contributed by atoms with van der Waals surface area (Å²) in [6.45, 7) is 4.84. The molecule has 2 atom stereocenters. The number of nitrogens with zero attached hydrogens (tertiary/aromatic N) is 1. The van der Waals surface area contributed by atoms with E-state index in [1.165, 1.54) is 0 Å². The van der Waals surface area contributed by atoms with Gasteiger partial charge in [-0.25, -0.2) is 0 Å². The highest BCUT2D eigenvalue weighted by Crippen LogP contribution is 2.33. The molecule has 1 aliphatic carbocycles. The fraction of sp³-hybridized carbons (Fsp3) is 0.909. The molecule has 0 spiro atoms. The van der Waals surface area contributed by atoms with Crippen molar-refractivity contribution < 1.29 is 4.79 Å². The van der Waals surface area contributed by atoms with Gasteiger partial charge in [0.15, 0.2) is 0 Å². The molecule has 3 nitrogen and oxygen atoms in total. The van der Waals surface area contributed by atoms with E-state index in [1.807, 2.05) is 0 Å². The van der Waals surface area contributed by atoms with Crippen LogP contribution >= 0.6 is 0 Å². The van der Waals surface area contributed by atoms with Crippen molar-refractivity contribution in [2.75, 3.05) is 19.6 Å². The lowest BCUT2D eigenvalue weighted by Crippen LogP contribution is -2.45. The van der Waals surface area contributed by atoms with Gasteiger partial charge in [0.05, 0.1) is 0 Å². The van der Waals surface area contributed by atoms with Gasteiger partial charge in [-0.1, -0.05) is 6.92 Å². The van der Waals surface area contributed by atoms with Crippen molar-refractivity contribution in [3.8, 4) is 0 Å². The van der Waals surface area contributed by atoms with Crippen molar-refractivity contribution in [2.24, 2.45) is 23.5 Å². The number of hydrogen-bond donors (Lipinski definition) is 1. The molecular formula is C11H20N2O. The number of rotatable bonds is 2. The summed E-state index contributed by atoms with van der Waals surface area (Å²) in [5, 5.41) is 0. The summed E-state index contributed by atoms with van der Waals surface area (Å²) in [4.78, 5) is 13.8. The SMILES string of the molecule is CC1CN(C(=O)C2CC2)CCC1CN. The van der Waals surface area contributed by atoms with Gasteiger partial charge in [-0.2, -0.15) is 0 Å². The topological polar surface area (TPSA) is 46.3 Å². The molecule has 1 amide bonds. The van der Waals surface area contributed by atoms with Crippen LogP contribution < -0.4 is 5.73 Å². The van der Waals surface area contributed by atoms with Gasteiger partial charge in [0.25, 0.3) is 0 Å². The van der Waals surface area contributed by atoms with E-state index in [-0.39, 0.29) is 0 Å². The van der Waals surface area contributed by atoms with E-state index >= 15 is 0 Å². The van der Waals surface area contributed by atoms with Gasteiger partial charge in [0.1, 0.15) is 0 Å². The molecule has 1 saturated carbocycles. The van der Waals surface area contributed by atoms with Crippen molar-refractivity contribution in [1.29, 1.82) is 0 Å². The number of nitrogens with two attached hydrogens (primary N) is 1. The van der Waals surface area contributed by atoms with Crippen LogP contribution in [0.5, 0.6) is 0 Å². The van der Waals surface area contributed by atoms with Crippen LogP contribution in [0.15, 0.2) is 0 Å². The number of likely N-dealkylation sites (tertiary alicyclic amines) is 1. The average molecular weight is 196 g/mol. The molecule has 0 aromatic heterocycles. The number of carbonyl (C=O) groups is 1. The zero-order valence-corrected chi connectivity index (χ0v) is 8.91. The quantitative estimate of drug-likeness (QED) is 0.711. The van der Waals surface area contributed by atoms with Crippen LogP contribution in [0.2, 0.25) is 0 Å². The third-order valence-corrected chi connectivity index (χ3v) is 3.62. The van der Waals surface area contributed by atoms with Gasteiger partial charge >= 0.3 is 0 Å². The molecule has 0 aromatic rings. The third kappa shape index (κ3) is 1.92. The minimum absolute atomic E-state index is 0.372. The lowest BCUT2D eigenvalue weighted by molar-refractivity contribution is -0.135. The maximum atomic E-state index is 11.8. The molecule has 2 N–H and O–H groups in total. The fourth-order valence-corrected chi connectivity index (χ4v) is 2.33. The van der Waals surface area contributed by atoms with Crippen LogP contribution in [0.1, 0.15) is 26.2 Å². The maximum Gasteiger partial charge on any atom is 0.225 e. The standard InChI is InChI=1S/C11H20N2O/c1-8-7-13(5-4-10(8)6-12)11(14)9-2-3-9/h8-10H,2-7,12H2,1H3. The highest BCUT2D eigenvalue weighted by atomic mass is 16.2. The molecule has 3 heteroatoms. The highest BCUT2D eigenvalue weighted by Gasteiger charge is 2.36. The molecule has 0 radical (unpaired) electrons. The lowest BCUT2D eigenvalue weighted by Gasteiger charge is -2.36. The molecule has 80 valence electrons. The fourth-order valence-electron chi connectivity index (χ4n) is 2.33. The minimum atomic E-state index is 0.372. The normalized spacial score (nSPS) is 33.1. The monoisotopic (exact) mass is 196 g/mol. The van der Waals surface area contributed by atoms with E-state index in [1.54, 1.807) is 0 Å². The van der Waals surface area contributed by atoms with Gasteiger partial charge in [-0.05, 0) is 37.6 Å². The summed E-state index contributed by atoms with van der Waals surface area (Å²) in [6, 6.07) is 0. The summed E-state index contributed by atoms with van der Waals surface area (Å²) in [6.07, 6.45) is 3.32. The molecule has 14 heavy (non-hydrogen) atoms.